The van der Waals surface area contributed by atoms with E-state index in [1.54, 1.807) is 6.92 Å². The Labute approximate surface area is 113 Å². The SMILES string of the molecule is Cc1ncc(S(=O)(=O)NCC2(O)CCCC(C)C2)[nH]1. The van der Waals surface area contributed by atoms with Gasteiger partial charge in [-0.25, -0.2) is 18.1 Å². The van der Waals surface area contributed by atoms with Crippen LogP contribution in [0.15, 0.2) is 11.2 Å². The average Bonchev–Trinajstić information content (AvgIpc) is 2.74. The second kappa shape index (κ2) is 5.22. The van der Waals surface area contributed by atoms with E-state index >= 15 is 0 Å². The number of imidazole rings is 1. The molecule has 1 saturated carbocycles. The van der Waals surface area contributed by atoms with Crippen LogP contribution < -0.4 is 4.72 Å². The zero-order valence-electron chi connectivity index (χ0n) is 11.3. The molecule has 6 nitrogen and oxygen atoms in total. The molecule has 7 heteroatoms. The second-order valence-electron chi connectivity index (χ2n) is 5.58. The Morgan fingerprint density at radius 1 is 1.63 bits per heavy atom. The Morgan fingerprint density at radius 3 is 2.95 bits per heavy atom. The van der Waals surface area contributed by atoms with Crippen LogP contribution in [0.25, 0.3) is 0 Å². The van der Waals surface area contributed by atoms with Gasteiger partial charge < -0.3 is 10.1 Å². The van der Waals surface area contributed by atoms with E-state index in [9.17, 15) is 13.5 Å². The number of aryl methyl sites for hydroxylation is 1. The van der Waals surface area contributed by atoms with Gasteiger partial charge in [-0.05, 0) is 25.7 Å². The molecule has 0 spiro atoms. The summed E-state index contributed by atoms with van der Waals surface area (Å²) in [5.74, 6) is 0.975. The van der Waals surface area contributed by atoms with Gasteiger partial charge in [0.25, 0.3) is 10.0 Å². The molecule has 2 rings (SSSR count). The van der Waals surface area contributed by atoms with Crippen molar-refractivity contribution >= 4 is 10.0 Å². The number of nitrogens with one attached hydrogen (secondary N) is 2. The van der Waals surface area contributed by atoms with Crippen molar-refractivity contribution < 1.29 is 13.5 Å². The number of nitrogens with zero attached hydrogens (tertiary/aromatic N) is 1. The van der Waals surface area contributed by atoms with Gasteiger partial charge >= 0.3 is 0 Å². The number of hydrogen-bond donors (Lipinski definition) is 3. The lowest BCUT2D eigenvalue weighted by Gasteiger charge is -2.35. The van der Waals surface area contributed by atoms with Crippen LogP contribution in [0.3, 0.4) is 0 Å². The number of H-pyrrole nitrogens is 1. The molecule has 0 radical (unpaired) electrons. The van der Waals surface area contributed by atoms with Crippen molar-refractivity contribution in [2.45, 2.75) is 50.2 Å². The third kappa shape index (κ3) is 3.55. The summed E-state index contributed by atoms with van der Waals surface area (Å²) >= 11 is 0. The van der Waals surface area contributed by atoms with Gasteiger partial charge in [-0.2, -0.15) is 0 Å². The number of aliphatic hydroxyl groups is 1. The van der Waals surface area contributed by atoms with Gasteiger partial charge in [-0.1, -0.05) is 19.8 Å². The monoisotopic (exact) mass is 287 g/mol. The molecular weight excluding hydrogens is 266 g/mol. The molecule has 0 saturated heterocycles. The van der Waals surface area contributed by atoms with E-state index in [1.165, 1.54) is 6.20 Å². The van der Waals surface area contributed by atoms with E-state index in [1.807, 2.05) is 0 Å². The highest BCUT2D eigenvalue weighted by atomic mass is 32.2. The van der Waals surface area contributed by atoms with Crippen molar-refractivity contribution in [3.8, 4) is 0 Å². The van der Waals surface area contributed by atoms with E-state index in [2.05, 4.69) is 21.6 Å². The van der Waals surface area contributed by atoms with Gasteiger partial charge in [0.15, 0.2) is 5.03 Å². The minimum Gasteiger partial charge on any atom is -0.389 e. The van der Waals surface area contributed by atoms with Crippen molar-refractivity contribution in [1.29, 1.82) is 0 Å². The molecule has 1 heterocycles. The van der Waals surface area contributed by atoms with Crippen molar-refractivity contribution in [3.63, 3.8) is 0 Å². The van der Waals surface area contributed by atoms with Gasteiger partial charge in [-0.3, -0.25) is 0 Å². The van der Waals surface area contributed by atoms with E-state index in [0.717, 1.165) is 12.8 Å². The predicted octanol–water partition coefficient (Wildman–Crippen LogP) is 0.938. The standard InChI is InChI=1S/C12H21N3O3S/c1-9-4-3-5-12(16,6-9)8-14-19(17,18)11-7-13-10(2)15-11/h7,9,14,16H,3-6,8H2,1-2H3,(H,13,15). The van der Waals surface area contributed by atoms with Crippen LogP contribution in [0, 0.1) is 12.8 Å². The van der Waals surface area contributed by atoms with Crippen LogP contribution in [0.2, 0.25) is 0 Å². The number of rotatable bonds is 4. The molecule has 1 aromatic heterocycles. The molecule has 19 heavy (non-hydrogen) atoms. The Hall–Kier alpha value is -0.920. The van der Waals surface area contributed by atoms with Crippen LogP contribution in [-0.2, 0) is 10.0 Å². The predicted molar refractivity (Wildman–Crippen MR) is 71.1 cm³/mol. The van der Waals surface area contributed by atoms with Crippen LogP contribution in [-0.4, -0.2) is 35.6 Å². The molecule has 0 aliphatic heterocycles. The fraction of sp³-hybridized carbons (Fsp3) is 0.750. The molecule has 2 unspecified atom stereocenters. The maximum atomic E-state index is 12.0. The highest BCUT2D eigenvalue weighted by Gasteiger charge is 2.34. The zero-order valence-corrected chi connectivity index (χ0v) is 12.1. The van der Waals surface area contributed by atoms with Crippen molar-refractivity contribution in [3.05, 3.63) is 12.0 Å². The normalized spacial score (nSPS) is 28.5. The summed E-state index contributed by atoms with van der Waals surface area (Å²) < 4.78 is 26.5. The van der Waals surface area contributed by atoms with Gasteiger partial charge in [0.1, 0.15) is 5.82 Å². The van der Waals surface area contributed by atoms with Crippen molar-refractivity contribution in [1.82, 2.24) is 14.7 Å². The molecule has 0 aromatic carbocycles. The first kappa shape index (κ1) is 14.5. The maximum Gasteiger partial charge on any atom is 0.257 e. The average molecular weight is 287 g/mol. The van der Waals surface area contributed by atoms with E-state index < -0.39 is 15.6 Å². The topological polar surface area (TPSA) is 95.1 Å². The van der Waals surface area contributed by atoms with E-state index in [0.29, 0.717) is 24.6 Å². The molecule has 108 valence electrons. The van der Waals surface area contributed by atoms with Gasteiger partial charge in [0.05, 0.1) is 11.8 Å². The third-order valence-electron chi connectivity index (χ3n) is 3.63. The lowest BCUT2D eigenvalue weighted by Crippen LogP contribution is -2.45. The molecule has 0 amide bonds. The summed E-state index contributed by atoms with van der Waals surface area (Å²) in [4.78, 5) is 6.55. The number of sulfonamides is 1. The Bertz CT molecular complexity index is 540. The van der Waals surface area contributed by atoms with Gasteiger partial charge in [0, 0.05) is 6.54 Å². The molecule has 1 aliphatic rings. The molecule has 2 atom stereocenters. The minimum atomic E-state index is -3.62. The third-order valence-corrected chi connectivity index (χ3v) is 4.94. The molecule has 0 bridgehead atoms. The Morgan fingerprint density at radius 2 is 2.37 bits per heavy atom. The van der Waals surface area contributed by atoms with Crippen LogP contribution >= 0.6 is 0 Å². The first-order valence-corrected chi connectivity index (χ1v) is 8.03. The van der Waals surface area contributed by atoms with Crippen LogP contribution in [0.1, 0.15) is 38.4 Å². The van der Waals surface area contributed by atoms with Crippen LogP contribution in [0.5, 0.6) is 0 Å². The fourth-order valence-corrected chi connectivity index (χ4v) is 3.72. The summed E-state index contributed by atoms with van der Waals surface area (Å²) in [6.45, 7) is 3.82. The highest BCUT2D eigenvalue weighted by molar-refractivity contribution is 7.89. The summed E-state index contributed by atoms with van der Waals surface area (Å²) in [6.07, 6.45) is 4.59. The number of aromatic amines is 1. The van der Waals surface area contributed by atoms with E-state index in [4.69, 9.17) is 0 Å². The maximum absolute atomic E-state index is 12.0. The highest BCUT2D eigenvalue weighted by Crippen LogP contribution is 2.31. The fourth-order valence-electron chi connectivity index (χ4n) is 2.63. The van der Waals surface area contributed by atoms with Gasteiger partial charge in [-0.15, -0.1) is 0 Å². The smallest absolute Gasteiger partial charge is 0.257 e. The number of hydrogen-bond acceptors (Lipinski definition) is 4. The zero-order chi connectivity index (χ0) is 14.1. The first-order valence-electron chi connectivity index (χ1n) is 6.54. The summed E-state index contributed by atoms with van der Waals surface area (Å²) in [5, 5.41) is 10.4. The minimum absolute atomic E-state index is 0.0393. The van der Waals surface area contributed by atoms with E-state index in [-0.39, 0.29) is 11.6 Å². The molecule has 1 aromatic rings. The second-order valence-corrected chi connectivity index (χ2v) is 7.32. The summed E-state index contributed by atoms with van der Waals surface area (Å²) in [5.41, 5.74) is -0.931. The Kier molecular flexibility index (Phi) is 3.98. The molecular formula is C12H21N3O3S. The van der Waals surface area contributed by atoms with Gasteiger partial charge in [0.2, 0.25) is 0 Å². The Balaban J connectivity index is 2.01. The molecule has 1 aliphatic carbocycles. The summed E-state index contributed by atoms with van der Waals surface area (Å²) in [7, 11) is -3.62. The first-order chi connectivity index (χ1) is 8.81. The largest absolute Gasteiger partial charge is 0.389 e. The quantitative estimate of drug-likeness (QED) is 0.768. The molecule has 3 N–H and O–H groups in total. The summed E-state index contributed by atoms with van der Waals surface area (Å²) in [6, 6.07) is 0. The van der Waals surface area contributed by atoms with Crippen LogP contribution in [0.4, 0.5) is 0 Å². The lowest BCUT2D eigenvalue weighted by atomic mass is 9.79. The lowest BCUT2D eigenvalue weighted by molar-refractivity contribution is -0.00752. The number of aromatic nitrogens is 2. The van der Waals surface area contributed by atoms with Crippen molar-refractivity contribution in [2.75, 3.05) is 6.54 Å². The van der Waals surface area contributed by atoms with Crippen molar-refractivity contribution in [2.24, 2.45) is 5.92 Å². The molecule has 1 fully saturated rings.